The Kier molecular flexibility index (Phi) is 7.52. The summed E-state index contributed by atoms with van der Waals surface area (Å²) >= 11 is 1.70. The maximum Gasteiger partial charge on any atom is 0.230 e. The van der Waals surface area contributed by atoms with E-state index >= 15 is 0 Å². The summed E-state index contributed by atoms with van der Waals surface area (Å²) in [4.78, 5) is 11.7. The fraction of sp³-hybridized carbons (Fsp3) is 0.917. The minimum atomic E-state index is 0. The van der Waals surface area contributed by atoms with Gasteiger partial charge in [-0.1, -0.05) is 27.7 Å². The molecule has 1 aliphatic rings. The zero-order valence-corrected chi connectivity index (χ0v) is 12.8. The van der Waals surface area contributed by atoms with Crippen molar-refractivity contribution in [1.29, 1.82) is 0 Å². The number of piperidine rings is 1. The van der Waals surface area contributed by atoms with Crippen LogP contribution in [0.1, 0.15) is 34.1 Å². The SMILES string of the molecule is CC1CCNCC1NC(=O)CSC(C)(C)C.Cl. The summed E-state index contributed by atoms with van der Waals surface area (Å²) in [6.45, 7) is 10.6. The Labute approximate surface area is 115 Å². The van der Waals surface area contributed by atoms with Gasteiger partial charge < -0.3 is 10.6 Å². The van der Waals surface area contributed by atoms with Crippen LogP contribution in [0, 0.1) is 5.92 Å². The Bertz CT molecular complexity index is 243. The van der Waals surface area contributed by atoms with Gasteiger partial charge in [-0.05, 0) is 18.9 Å². The van der Waals surface area contributed by atoms with E-state index in [2.05, 4.69) is 38.3 Å². The molecule has 2 atom stereocenters. The number of amides is 1. The molecule has 1 aliphatic heterocycles. The summed E-state index contributed by atoms with van der Waals surface area (Å²) < 4.78 is 0.160. The van der Waals surface area contributed by atoms with Crippen molar-refractivity contribution >= 4 is 30.1 Å². The summed E-state index contributed by atoms with van der Waals surface area (Å²) in [5.41, 5.74) is 0. The smallest absolute Gasteiger partial charge is 0.230 e. The van der Waals surface area contributed by atoms with Gasteiger partial charge in [0.2, 0.25) is 5.91 Å². The molecule has 2 unspecified atom stereocenters. The molecule has 3 nitrogen and oxygen atoms in total. The van der Waals surface area contributed by atoms with Gasteiger partial charge in [0.05, 0.1) is 5.75 Å². The Hall–Kier alpha value is 0.0700. The second-order valence-electron chi connectivity index (χ2n) is 5.55. The molecule has 0 aromatic heterocycles. The molecule has 17 heavy (non-hydrogen) atoms. The number of carbonyl (C=O) groups excluding carboxylic acids is 1. The minimum Gasteiger partial charge on any atom is -0.351 e. The average molecular weight is 281 g/mol. The second-order valence-corrected chi connectivity index (χ2v) is 7.35. The molecule has 0 aliphatic carbocycles. The molecule has 2 N–H and O–H groups in total. The quantitative estimate of drug-likeness (QED) is 0.831. The highest BCUT2D eigenvalue weighted by molar-refractivity contribution is 8.01. The summed E-state index contributed by atoms with van der Waals surface area (Å²) in [5, 5.41) is 6.44. The van der Waals surface area contributed by atoms with Gasteiger partial charge in [-0.3, -0.25) is 4.79 Å². The first kappa shape index (κ1) is 17.1. The summed E-state index contributed by atoms with van der Waals surface area (Å²) in [7, 11) is 0. The lowest BCUT2D eigenvalue weighted by Crippen LogP contribution is -2.50. The first-order chi connectivity index (χ1) is 7.38. The molecule has 5 heteroatoms. The first-order valence-corrected chi connectivity index (χ1v) is 7.01. The van der Waals surface area contributed by atoms with Crippen LogP contribution in [0.25, 0.3) is 0 Å². The molecule has 1 rings (SSSR count). The Balaban J connectivity index is 0.00000256. The van der Waals surface area contributed by atoms with Gasteiger partial charge in [0, 0.05) is 17.3 Å². The molecule has 0 aromatic carbocycles. The van der Waals surface area contributed by atoms with Crippen LogP contribution in [-0.2, 0) is 4.79 Å². The molecule has 102 valence electrons. The molecule has 1 fully saturated rings. The van der Waals surface area contributed by atoms with Crippen molar-refractivity contribution in [3.8, 4) is 0 Å². The second kappa shape index (κ2) is 7.49. The van der Waals surface area contributed by atoms with Crippen molar-refractivity contribution in [1.82, 2.24) is 10.6 Å². The largest absolute Gasteiger partial charge is 0.351 e. The molecule has 0 radical (unpaired) electrons. The predicted octanol–water partition coefficient (Wildman–Crippen LogP) is 2.05. The van der Waals surface area contributed by atoms with Gasteiger partial charge in [-0.25, -0.2) is 0 Å². The third-order valence-corrected chi connectivity index (χ3v) is 4.08. The number of carbonyl (C=O) groups is 1. The van der Waals surface area contributed by atoms with Crippen molar-refractivity contribution < 1.29 is 4.79 Å². The molecule has 0 bridgehead atoms. The van der Waals surface area contributed by atoms with E-state index in [4.69, 9.17) is 0 Å². The monoisotopic (exact) mass is 280 g/mol. The van der Waals surface area contributed by atoms with E-state index in [0.29, 0.717) is 17.7 Å². The molecular formula is C12H25ClN2OS. The average Bonchev–Trinajstić information content (AvgIpc) is 2.18. The molecule has 1 amide bonds. The standard InChI is InChI=1S/C12H24N2OS.ClH/c1-9-5-6-13-7-10(9)14-11(15)8-16-12(2,3)4;/h9-10,13H,5-8H2,1-4H3,(H,14,15);1H. The van der Waals surface area contributed by atoms with Crippen LogP contribution in [0.15, 0.2) is 0 Å². The Morgan fingerprint density at radius 1 is 1.47 bits per heavy atom. The number of hydrogen-bond donors (Lipinski definition) is 2. The van der Waals surface area contributed by atoms with E-state index < -0.39 is 0 Å². The zero-order valence-electron chi connectivity index (χ0n) is 11.2. The van der Waals surface area contributed by atoms with Gasteiger partial charge in [-0.2, -0.15) is 0 Å². The Morgan fingerprint density at radius 3 is 2.65 bits per heavy atom. The van der Waals surface area contributed by atoms with E-state index in [-0.39, 0.29) is 23.1 Å². The van der Waals surface area contributed by atoms with Gasteiger partial charge in [0.25, 0.3) is 0 Å². The van der Waals surface area contributed by atoms with Crippen LogP contribution in [0.5, 0.6) is 0 Å². The number of thioether (sulfide) groups is 1. The van der Waals surface area contributed by atoms with Crippen molar-refractivity contribution in [3.63, 3.8) is 0 Å². The third kappa shape index (κ3) is 7.17. The maximum atomic E-state index is 11.7. The summed E-state index contributed by atoms with van der Waals surface area (Å²) in [6, 6.07) is 0.307. The molecule has 1 heterocycles. The van der Waals surface area contributed by atoms with E-state index in [1.165, 1.54) is 0 Å². The van der Waals surface area contributed by atoms with Gasteiger partial charge in [-0.15, -0.1) is 24.2 Å². The van der Waals surface area contributed by atoms with Gasteiger partial charge in [0.1, 0.15) is 0 Å². The van der Waals surface area contributed by atoms with Crippen molar-refractivity contribution in [2.24, 2.45) is 5.92 Å². The normalized spacial score (nSPS) is 24.9. The lowest BCUT2D eigenvalue weighted by molar-refractivity contribution is -0.119. The number of nitrogens with one attached hydrogen (secondary N) is 2. The Morgan fingerprint density at radius 2 is 2.12 bits per heavy atom. The molecular weight excluding hydrogens is 256 g/mol. The number of rotatable bonds is 3. The van der Waals surface area contributed by atoms with E-state index in [9.17, 15) is 4.79 Å². The first-order valence-electron chi connectivity index (χ1n) is 6.02. The lowest BCUT2D eigenvalue weighted by atomic mass is 9.95. The lowest BCUT2D eigenvalue weighted by Gasteiger charge is -2.30. The van der Waals surface area contributed by atoms with E-state index in [1.807, 2.05) is 0 Å². The third-order valence-electron chi connectivity index (χ3n) is 2.81. The number of halogens is 1. The molecule has 1 saturated heterocycles. The highest BCUT2D eigenvalue weighted by Gasteiger charge is 2.23. The van der Waals surface area contributed by atoms with Gasteiger partial charge >= 0.3 is 0 Å². The van der Waals surface area contributed by atoms with Crippen LogP contribution in [-0.4, -0.2) is 35.5 Å². The van der Waals surface area contributed by atoms with E-state index in [0.717, 1.165) is 19.5 Å². The van der Waals surface area contributed by atoms with Crippen LogP contribution < -0.4 is 10.6 Å². The van der Waals surface area contributed by atoms with Crippen LogP contribution >= 0.6 is 24.2 Å². The van der Waals surface area contributed by atoms with Crippen molar-refractivity contribution in [2.45, 2.75) is 44.9 Å². The summed E-state index contributed by atoms with van der Waals surface area (Å²) in [5.74, 6) is 1.32. The van der Waals surface area contributed by atoms with Crippen LogP contribution in [0.3, 0.4) is 0 Å². The number of hydrogen-bond acceptors (Lipinski definition) is 3. The van der Waals surface area contributed by atoms with Crippen molar-refractivity contribution in [3.05, 3.63) is 0 Å². The molecule has 0 aromatic rings. The summed E-state index contributed by atoms with van der Waals surface area (Å²) in [6.07, 6.45) is 1.15. The van der Waals surface area contributed by atoms with Gasteiger partial charge in [0.15, 0.2) is 0 Å². The molecule has 0 spiro atoms. The fourth-order valence-corrected chi connectivity index (χ4v) is 2.36. The van der Waals surface area contributed by atoms with Crippen molar-refractivity contribution in [2.75, 3.05) is 18.8 Å². The highest BCUT2D eigenvalue weighted by atomic mass is 35.5. The fourth-order valence-electron chi connectivity index (χ4n) is 1.71. The van der Waals surface area contributed by atoms with Crippen LogP contribution in [0.4, 0.5) is 0 Å². The predicted molar refractivity (Wildman–Crippen MR) is 78.0 cm³/mol. The maximum absolute atomic E-state index is 11.7. The molecule has 0 saturated carbocycles. The minimum absolute atomic E-state index is 0. The van der Waals surface area contributed by atoms with E-state index in [1.54, 1.807) is 11.8 Å². The van der Waals surface area contributed by atoms with Crippen LogP contribution in [0.2, 0.25) is 0 Å². The topological polar surface area (TPSA) is 41.1 Å². The highest BCUT2D eigenvalue weighted by Crippen LogP contribution is 2.22. The zero-order chi connectivity index (χ0) is 12.2.